The van der Waals surface area contributed by atoms with Crippen molar-refractivity contribution in [2.24, 2.45) is 11.3 Å². The lowest BCUT2D eigenvalue weighted by molar-refractivity contribution is -0.153. The van der Waals surface area contributed by atoms with Crippen LogP contribution in [0.3, 0.4) is 0 Å². The molecule has 0 bridgehead atoms. The van der Waals surface area contributed by atoms with Gasteiger partial charge >= 0.3 is 5.97 Å². The predicted molar refractivity (Wildman–Crippen MR) is 80.7 cm³/mol. The number of carbonyl (C=O) groups excluding carboxylic acids is 2. The van der Waals surface area contributed by atoms with E-state index in [2.05, 4.69) is 6.58 Å². The molecule has 5 heteroatoms. The summed E-state index contributed by atoms with van der Waals surface area (Å²) < 4.78 is 17.9. The number of carbonyl (C=O) groups is 2. The van der Waals surface area contributed by atoms with Crippen molar-refractivity contribution in [2.45, 2.75) is 13.3 Å². The number of benzene rings is 1. The molecule has 0 spiro atoms. The minimum Gasteiger partial charge on any atom is -0.469 e. The third-order valence-corrected chi connectivity index (χ3v) is 4.34. The second kappa shape index (κ2) is 6.30. The summed E-state index contributed by atoms with van der Waals surface area (Å²) in [5, 5.41) is 0. The number of allylic oxidation sites excluding steroid dienone is 1. The lowest BCUT2D eigenvalue weighted by atomic mass is 9.78. The van der Waals surface area contributed by atoms with Gasteiger partial charge in [0, 0.05) is 18.7 Å². The molecule has 1 aromatic rings. The number of rotatable bonds is 4. The molecule has 1 fully saturated rings. The van der Waals surface area contributed by atoms with E-state index in [-0.39, 0.29) is 30.2 Å². The average Bonchev–Trinajstić information content (AvgIpc) is 2.85. The van der Waals surface area contributed by atoms with Crippen molar-refractivity contribution in [3.05, 3.63) is 48.3 Å². The minimum absolute atomic E-state index is 0.0400. The zero-order chi connectivity index (χ0) is 16.3. The number of ether oxygens (including phenoxy) is 1. The standard InChI is InChI=1S/C17H20FNO3/c1-4-5-13-10-19(11-17(13,2)16(21)22-3)15(20)12-6-8-14(18)9-7-12/h4,6-9,13H,1,5,10-11H2,2-3H3/t13-,17+/m0/s1. The first-order valence-electron chi connectivity index (χ1n) is 7.16. The number of hydrogen-bond acceptors (Lipinski definition) is 3. The number of amides is 1. The van der Waals surface area contributed by atoms with Crippen molar-refractivity contribution >= 4 is 11.9 Å². The van der Waals surface area contributed by atoms with Crippen LogP contribution in [-0.4, -0.2) is 37.0 Å². The van der Waals surface area contributed by atoms with Crippen molar-refractivity contribution in [1.82, 2.24) is 4.90 Å². The normalized spacial score (nSPS) is 24.1. The summed E-state index contributed by atoms with van der Waals surface area (Å²) in [5.74, 6) is -0.959. The summed E-state index contributed by atoms with van der Waals surface area (Å²) in [6.07, 6.45) is 2.37. The molecule has 1 aromatic carbocycles. The topological polar surface area (TPSA) is 46.6 Å². The van der Waals surface area contributed by atoms with Gasteiger partial charge in [-0.3, -0.25) is 9.59 Å². The van der Waals surface area contributed by atoms with Gasteiger partial charge in [-0.05, 0) is 43.5 Å². The highest BCUT2D eigenvalue weighted by Crippen LogP contribution is 2.39. The second-order valence-electron chi connectivity index (χ2n) is 5.82. The highest BCUT2D eigenvalue weighted by Gasteiger charge is 2.50. The van der Waals surface area contributed by atoms with E-state index >= 15 is 0 Å². The molecule has 2 rings (SSSR count). The van der Waals surface area contributed by atoms with Gasteiger partial charge in [0.2, 0.25) is 0 Å². The zero-order valence-electron chi connectivity index (χ0n) is 12.8. The first-order chi connectivity index (χ1) is 10.4. The van der Waals surface area contributed by atoms with Crippen LogP contribution in [-0.2, 0) is 9.53 Å². The second-order valence-corrected chi connectivity index (χ2v) is 5.82. The van der Waals surface area contributed by atoms with Gasteiger partial charge in [-0.2, -0.15) is 0 Å². The van der Waals surface area contributed by atoms with Crippen LogP contribution in [0.4, 0.5) is 4.39 Å². The molecule has 1 amide bonds. The summed E-state index contributed by atoms with van der Waals surface area (Å²) in [6.45, 7) is 6.26. The van der Waals surface area contributed by atoms with Crippen molar-refractivity contribution in [3.8, 4) is 0 Å². The molecular formula is C17H20FNO3. The van der Waals surface area contributed by atoms with Crippen molar-refractivity contribution in [2.75, 3.05) is 20.2 Å². The quantitative estimate of drug-likeness (QED) is 0.634. The Morgan fingerprint density at radius 1 is 1.45 bits per heavy atom. The van der Waals surface area contributed by atoms with Gasteiger partial charge in [0.15, 0.2) is 0 Å². The Balaban J connectivity index is 2.23. The van der Waals surface area contributed by atoms with Gasteiger partial charge < -0.3 is 9.64 Å². The van der Waals surface area contributed by atoms with E-state index < -0.39 is 5.41 Å². The Morgan fingerprint density at radius 3 is 2.64 bits per heavy atom. The molecule has 118 valence electrons. The molecule has 0 saturated carbocycles. The first-order valence-corrected chi connectivity index (χ1v) is 7.16. The van der Waals surface area contributed by atoms with E-state index in [1.165, 1.54) is 31.4 Å². The average molecular weight is 305 g/mol. The molecule has 0 aromatic heterocycles. The number of methoxy groups -OCH3 is 1. The summed E-state index contributed by atoms with van der Waals surface area (Å²) in [7, 11) is 1.35. The molecule has 0 unspecified atom stereocenters. The molecule has 0 N–H and O–H groups in total. The smallest absolute Gasteiger partial charge is 0.313 e. The van der Waals surface area contributed by atoms with E-state index in [9.17, 15) is 14.0 Å². The van der Waals surface area contributed by atoms with Crippen LogP contribution < -0.4 is 0 Å². The third-order valence-electron chi connectivity index (χ3n) is 4.34. The van der Waals surface area contributed by atoms with E-state index in [1.807, 2.05) is 6.92 Å². The largest absolute Gasteiger partial charge is 0.469 e. The van der Waals surface area contributed by atoms with Crippen LogP contribution in [0.15, 0.2) is 36.9 Å². The number of nitrogens with zero attached hydrogens (tertiary/aromatic N) is 1. The number of halogens is 1. The lowest BCUT2D eigenvalue weighted by Gasteiger charge is -2.26. The molecule has 2 atom stereocenters. The Hall–Kier alpha value is -2.17. The van der Waals surface area contributed by atoms with Gasteiger partial charge in [-0.25, -0.2) is 4.39 Å². The SMILES string of the molecule is C=CC[C@H]1CN(C(=O)c2ccc(F)cc2)C[C@@]1(C)C(=O)OC. The maximum Gasteiger partial charge on any atom is 0.313 e. The van der Waals surface area contributed by atoms with Crippen LogP contribution >= 0.6 is 0 Å². The molecule has 1 aliphatic heterocycles. The summed E-state index contributed by atoms with van der Waals surface area (Å²) in [5.41, 5.74) is -0.341. The maximum absolute atomic E-state index is 13.0. The van der Waals surface area contributed by atoms with Gasteiger partial charge in [-0.15, -0.1) is 6.58 Å². The van der Waals surface area contributed by atoms with E-state index in [4.69, 9.17) is 4.74 Å². The fourth-order valence-corrected chi connectivity index (χ4v) is 2.99. The van der Waals surface area contributed by atoms with E-state index in [1.54, 1.807) is 11.0 Å². The minimum atomic E-state index is -0.751. The Kier molecular flexibility index (Phi) is 4.64. The fourth-order valence-electron chi connectivity index (χ4n) is 2.99. The van der Waals surface area contributed by atoms with Gasteiger partial charge in [0.05, 0.1) is 12.5 Å². The zero-order valence-corrected chi connectivity index (χ0v) is 12.8. The number of hydrogen-bond donors (Lipinski definition) is 0. The van der Waals surface area contributed by atoms with Gasteiger partial charge in [0.1, 0.15) is 5.82 Å². The third kappa shape index (κ3) is 2.89. The molecule has 0 radical (unpaired) electrons. The molecule has 4 nitrogen and oxygen atoms in total. The molecule has 1 heterocycles. The summed E-state index contributed by atoms with van der Waals surface area (Å²) in [6, 6.07) is 5.41. The van der Waals surface area contributed by atoms with E-state index in [0.717, 1.165) is 0 Å². The van der Waals surface area contributed by atoms with Gasteiger partial charge in [0.25, 0.3) is 5.91 Å². The molecule has 22 heavy (non-hydrogen) atoms. The van der Waals surface area contributed by atoms with E-state index in [0.29, 0.717) is 18.5 Å². The Morgan fingerprint density at radius 2 is 2.09 bits per heavy atom. The molecule has 1 saturated heterocycles. The van der Waals surface area contributed by atoms with Crippen LogP contribution in [0.25, 0.3) is 0 Å². The Labute approximate surface area is 129 Å². The monoisotopic (exact) mass is 305 g/mol. The highest BCUT2D eigenvalue weighted by atomic mass is 19.1. The fraction of sp³-hybridized carbons (Fsp3) is 0.412. The summed E-state index contributed by atoms with van der Waals surface area (Å²) in [4.78, 5) is 26.3. The van der Waals surface area contributed by atoms with Gasteiger partial charge in [-0.1, -0.05) is 6.08 Å². The molecule has 1 aliphatic rings. The lowest BCUT2D eigenvalue weighted by Crippen LogP contribution is -2.38. The van der Waals surface area contributed by atoms with Crippen molar-refractivity contribution in [3.63, 3.8) is 0 Å². The van der Waals surface area contributed by atoms with Crippen LogP contribution in [0.2, 0.25) is 0 Å². The molecule has 0 aliphatic carbocycles. The Bertz CT molecular complexity index is 584. The van der Waals surface area contributed by atoms with Crippen molar-refractivity contribution in [1.29, 1.82) is 0 Å². The van der Waals surface area contributed by atoms with Crippen LogP contribution in [0.1, 0.15) is 23.7 Å². The number of esters is 1. The predicted octanol–water partition coefficient (Wildman–Crippen LogP) is 2.65. The molecular weight excluding hydrogens is 285 g/mol. The first kappa shape index (κ1) is 16.2. The van der Waals surface area contributed by atoms with Crippen LogP contribution in [0, 0.1) is 17.2 Å². The highest BCUT2D eigenvalue weighted by molar-refractivity contribution is 5.95. The van der Waals surface area contributed by atoms with Crippen LogP contribution in [0.5, 0.6) is 0 Å². The summed E-state index contributed by atoms with van der Waals surface area (Å²) >= 11 is 0. The maximum atomic E-state index is 13.0. The van der Waals surface area contributed by atoms with Crippen molar-refractivity contribution < 1.29 is 18.7 Å². The number of likely N-dealkylation sites (tertiary alicyclic amines) is 1.